The number of thiocarbonyl (C=S) groups is 1. The summed E-state index contributed by atoms with van der Waals surface area (Å²) in [6.45, 7) is 4.74. The summed E-state index contributed by atoms with van der Waals surface area (Å²) in [6.07, 6.45) is 1.59. The van der Waals surface area contributed by atoms with E-state index in [2.05, 4.69) is 28.7 Å². The highest BCUT2D eigenvalue weighted by Crippen LogP contribution is 2.37. The van der Waals surface area contributed by atoms with E-state index in [-0.39, 0.29) is 10.7 Å². The van der Waals surface area contributed by atoms with Gasteiger partial charge in [0.1, 0.15) is 12.2 Å². The minimum Gasteiger partial charge on any atom is -0.490 e. The summed E-state index contributed by atoms with van der Waals surface area (Å²) in [5.41, 5.74) is 3.97. The summed E-state index contributed by atoms with van der Waals surface area (Å²) in [6, 6.07) is 30.0. The molecule has 6 nitrogen and oxygen atoms in total. The fourth-order valence-corrected chi connectivity index (χ4v) is 5.70. The molecule has 0 aliphatic carbocycles. The molecule has 0 spiro atoms. The Morgan fingerprint density at radius 3 is 1.98 bits per heavy atom. The van der Waals surface area contributed by atoms with Crippen molar-refractivity contribution in [1.29, 1.82) is 0 Å². The molecule has 2 amide bonds. The number of hydrogen-bond acceptors (Lipinski definition) is 5. The van der Waals surface area contributed by atoms with Gasteiger partial charge >= 0.3 is 0 Å². The van der Waals surface area contributed by atoms with Gasteiger partial charge in [-0.2, -0.15) is 0 Å². The number of amides is 2. The lowest BCUT2D eigenvalue weighted by Gasteiger charge is -2.36. The number of ether oxygens (including phenoxy) is 2. The van der Waals surface area contributed by atoms with E-state index in [9.17, 15) is 9.59 Å². The van der Waals surface area contributed by atoms with Gasteiger partial charge in [0.2, 0.25) is 0 Å². The summed E-state index contributed by atoms with van der Waals surface area (Å²) in [4.78, 5) is 30.5. The Bertz CT molecular complexity index is 1580. The molecule has 0 N–H and O–H groups in total. The highest BCUT2D eigenvalue weighted by molar-refractivity contribution is 14.1. The first-order valence-electron chi connectivity index (χ1n) is 13.1. The molecule has 4 aromatic rings. The normalized spacial score (nSPS) is 13.4. The highest BCUT2D eigenvalue weighted by atomic mass is 127. The van der Waals surface area contributed by atoms with Crippen molar-refractivity contribution >= 4 is 69.2 Å². The Labute approximate surface area is 258 Å². The molecule has 41 heavy (non-hydrogen) atoms. The van der Waals surface area contributed by atoms with Crippen LogP contribution in [0, 0.1) is 10.5 Å². The summed E-state index contributed by atoms with van der Waals surface area (Å²) in [5, 5.41) is 0.0963. The number of halogens is 1. The van der Waals surface area contributed by atoms with Crippen molar-refractivity contribution < 1.29 is 19.1 Å². The molecule has 1 aliphatic rings. The number of aryl methyl sites for hydroxylation is 1. The van der Waals surface area contributed by atoms with Gasteiger partial charge in [-0.25, -0.2) is 0 Å². The van der Waals surface area contributed by atoms with Crippen molar-refractivity contribution in [1.82, 2.24) is 0 Å². The van der Waals surface area contributed by atoms with E-state index in [0.717, 1.165) is 14.7 Å². The number of anilines is 2. The van der Waals surface area contributed by atoms with E-state index in [0.29, 0.717) is 41.7 Å². The molecule has 1 fully saturated rings. The third-order valence-corrected chi connectivity index (χ3v) is 7.55. The van der Waals surface area contributed by atoms with Crippen LogP contribution in [0.15, 0.2) is 103 Å². The predicted octanol–water partition coefficient (Wildman–Crippen LogP) is 7.33. The maximum atomic E-state index is 13.8. The summed E-state index contributed by atoms with van der Waals surface area (Å²) in [5.74, 6) is 0.151. The number of nitrogens with zero attached hydrogens (tertiary/aromatic N) is 2. The van der Waals surface area contributed by atoms with Crippen molar-refractivity contribution in [2.45, 2.75) is 20.5 Å². The van der Waals surface area contributed by atoms with Gasteiger partial charge in [-0.05, 0) is 102 Å². The summed E-state index contributed by atoms with van der Waals surface area (Å²) in [7, 11) is 0. The van der Waals surface area contributed by atoms with Gasteiger partial charge < -0.3 is 9.47 Å². The fourth-order valence-electron chi connectivity index (χ4n) is 4.54. The minimum absolute atomic E-state index is 0.0158. The Kier molecular flexibility index (Phi) is 8.80. The van der Waals surface area contributed by atoms with Crippen molar-refractivity contribution in [3.63, 3.8) is 0 Å². The molecule has 8 heteroatoms. The zero-order valence-electron chi connectivity index (χ0n) is 22.5. The van der Waals surface area contributed by atoms with Crippen LogP contribution in [0.1, 0.15) is 23.6 Å². The minimum atomic E-state index is -0.494. The van der Waals surface area contributed by atoms with Gasteiger partial charge in [-0.1, -0.05) is 66.2 Å². The smallest absolute Gasteiger partial charge is 0.270 e. The first-order chi connectivity index (χ1) is 19.9. The maximum absolute atomic E-state index is 13.8. The highest BCUT2D eigenvalue weighted by Gasteiger charge is 2.41. The van der Waals surface area contributed by atoms with Gasteiger partial charge in [-0.15, -0.1) is 0 Å². The monoisotopic (exact) mass is 674 g/mol. The molecule has 0 unspecified atom stereocenters. The van der Waals surface area contributed by atoms with E-state index >= 15 is 0 Å². The number of para-hydroxylation sites is 2. The van der Waals surface area contributed by atoms with Crippen molar-refractivity contribution in [3.8, 4) is 11.5 Å². The van der Waals surface area contributed by atoms with Gasteiger partial charge in [-0.3, -0.25) is 19.4 Å². The van der Waals surface area contributed by atoms with E-state index in [4.69, 9.17) is 21.7 Å². The van der Waals surface area contributed by atoms with Gasteiger partial charge in [0.15, 0.2) is 16.6 Å². The zero-order chi connectivity index (χ0) is 28.9. The van der Waals surface area contributed by atoms with Crippen LogP contribution >= 0.6 is 34.8 Å². The summed E-state index contributed by atoms with van der Waals surface area (Å²) >= 11 is 7.89. The molecular weight excluding hydrogens is 647 g/mol. The van der Waals surface area contributed by atoms with Gasteiger partial charge in [0, 0.05) is 0 Å². The van der Waals surface area contributed by atoms with Crippen LogP contribution in [0.3, 0.4) is 0 Å². The number of carbonyl (C=O) groups excluding carboxylic acids is 2. The van der Waals surface area contributed by atoms with Crippen molar-refractivity contribution in [2.24, 2.45) is 0 Å². The molecule has 5 rings (SSSR count). The van der Waals surface area contributed by atoms with Crippen molar-refractivity contribution in [3.05, 3.63) is 123 Å². The van der Waals surface area contributed by atoms with Gasteiger partial charge in [0.25, 0.3) is 11.8 Å². The molecule has 0 aromatic heterocycles. The molecule has 0 saturated carbocycles. The number of hydrogen-bond donors (Lipinski definition) is 0. The average Bonchev–Trinajstić information content (AvgIpc) is 2.96. The third-order valence-electron chi connectivity index (χ3n) is 6.39. The molecule has 1 heterocycles. The maximum Gasteiger partial charge on any atom is 0.270 e. The lowest BCUT2D eigenvalue weighted by atomic mass is 10.0. The van der Waals surface area contributed by atoms with Crippen LogP contribution in [0.4, 0.5) is 11.4 Å². The van der Waals surface area contributed by atoms with Crippen LogP contribution in [-0.2, 0) is 16.2 Å². The van der Waals surface area contributed by atoms with E-state index in [1.807, 2.05) is 74.5 Å². The Hall–Kier alpha value is -4.02. The third kappa shape index (κ3) is 6.18. The van der Waals surface area contributed by atoms with Crippen molar-refractivity contribution in [2.75, 3.05) is 16.4 Å². The predicted molar refractivity (Wildman–Crippen MR) is 174 cm³/mol. The second-order valence-electron chi connectivity index (χ2n) is 9.33. The molecule has 1 aliphatic heterocycles. The van der Waals surface area contributed by atoms with Crippen LogP contribution in [0.5, 0.6) is 11.5 Å². The first kappa shape index (κ1) is 28.5. The second kappa shape index (κ2) is 12.7. The molecule has 0 atom stereocenters. The standard InChI is InChI=1S/C33H27IN2O4S/c1-3-39-29-20-24(19-28(34)30(29)40-21-23-12-10-11-22(2)17-23)18-27-31(37)35(25-13-6-4-7-14-25)33(41)36(32(27)38)26-15-8-5-9-16-26/h4-20H,3,21H2,1-2H3. The van der Waals surface area contributed by atoms with E-state index < -0.39 is 11.8 Å². The topological polar surface area (TPSA) is 59.1 Å². The molecule has 0 bridgehead atoms. The fraction of sp³-hybridized carbons (Fsp3) is 0.121. The SMILES string of the molecule is CCOc1cc(C=C2C(=O)N(c3ccccc3)C(=S)N(c3ccccc3)C2=O)cc(I)c1OCc1cccc(C)c1. The molecular formula is C33H27IN2O4S. The van der Waals surface area contributed by atoms with Crippen LogP contribution in [0.2, 0.25) is 0 Å². The largest absolute Gasteiger partial charge is 0.490 e. The van der Waals surface area contributed by atoms with E-state index in [1.165, 1.54) is 9.80 Å². The molecule has 4 aromatic carbocycles. The second-order valence-corrected chi connectivity index (χ2v) is 10.9. The Balaban J connectivity index is 1.55. The Morgan fingerprint density at radius 1 is 0.805 bits per heavy atom. The number of benzene rings is 4. The van der Waals surface area contributed by atoms with Crippen LogP contribution in [0.25, 0.3) is 6.08 Å². The summed E-state index contributed by atoms with van der Waals surface area (Å²) < 4.78 is 12.9. The Morgan fingerprint density at radius 2 is 1.41 bits per heavy atom. The number of carbonyl (C=O) groups is 2. The average molecular weight is 675 g/mol. The lowest BCUT2D eigenvalue weighted by molar-refractivity contribution is -0.120. The first-order valence-corrected chi connectivity index (χ1v) is 14.6. The lowest BCUT2D eigenvalue weighted by Crippen LogP contribution is -2.56. The molecule has 1 saturated heterocycles. The van der Waals surface area contributed by atoms with Crippen LogP contribution < -0.4 is 19.3 Å². The zero-order valence-corrected chi connectivity index (χ0v) is 25.5. The quantitative estimate of drug-likeness (QED) is 0.0849. The molecule has 0 radical (unpaired) electrons. The van der Waals surface area contributed by atoms with Gasteiger partial charge in [0.05, 0.1) is 21.6 Å². The molecule has 206 valence electrons. The van der Waals surface area contributed by atoms with Crippen LogP contribution in [-0.4, -0.2) is 23.5 Å². The number of rotatable bonds is 8. The van der Waals surface area contributed by atoms with E-state index in [1.54, 1.807) is 36.4 Å².